The van der Waals surface area contributed by atoms with Gasteiger partial charge in [0.1, 0.15) is 5.82 Å². The smallest absolute Gasteiger partial charge is 0.172 e. The molecule has 1 N–H and O–H groups in total. The molecule has 0 heterocycles. The van der Waals surface area contributed by atoms with Crippen LogP contribution >= 0.6 is 11.6 Å². The van der Waals surface area contributed by atoms with Crippen molar-refractivity contribution in [3.8, 4) is 0 Å². The minimum atomic E-state index is -0.731. The first-order chi connectivity index (χ1) is 8.00. The van der Waals surface area contributed by atoms with Gasteiger partial charge in [-0.2, -0.15) is 0 Å². The number of carbonyl (C=O) groups excluding carboxylic acids is 1. The Morgan fingerprint density at radius 2 is 2.18 bits per heavy atom. The quantitative estimate of drug-likeness (QED) is 0.844. The van der Waals surface area contributed by atoms with Crippen molar-refractivity contribution < 1.29 is 14.3 Å². The first-order valence-electron chi connectivity index (χ1n) is 5.61. The number of carbonyl (C=O) groups is 1. The third-order valence-corrected chi connectivity index (χ3v) is 3.90. The van der Waals surface area contributed by atoms with E-state index in [1.54, 1.807) is 6.92 Å². The zero-order chi connectivity index (χ0) is 12.6. The van der Waals surface area contributed by atoms with Gasteiger partial charge in [0, 0.05) is 5.56 Å². The number of aliphatic hydroxyl groups excluding tert-OH is 1. The lowest BCUT2D eigenvalue weighted by atomic mass is 9.65. The van der Waals surface area contributed by atoms with E-state index >= 15 is 0 Å². The SMILES string of the molecule is Cc1cc(Cl)c(C(=O)C2(CO)CCC2)cc1F. The molecule has 1 aromatic carbocycles. The highest BCUT2D eigenvalue weighted by Gasteiger charge is 2.44. The number of benzene rings is 1. The molecular formula is C13H14ClFO2. The van der Waals surface area contributed by atoms with Crippen LogP contribution in [0.15, 0.2) is 12.1 Å². The van der Waals surface area contributed by atoms with Gasteiger partial charge in [0.2, 0.25) is 0 Å². The van der Waals surface area contributed by atoms with Crippen molar-refractivity contribution >= 4 is 17.4 Å². The first-order valence-corrected chi connectivity index (χ1v) is 5.99. The monoisotopic (exact) mass is 256 g/mol. The molecule has 1 aliphatic carbocycles. The van der Waals surface area contributed by atoms with E-state index in [2.05, 4.69) is 0 Å². The molecule has 0 unspecified atom stereocenters. The minimum Gasteiger partial charge on any atom is -0.395 e. The lowest BCUT2D eigenvalue weighted by molar-refractivity contribution is 0.0347. The van der Waals surface area contributed by atoms with Crippen LogP contribution in [0.2, 0.25) is 5.02 Å². The summed E-state index contributed by atoms with van der Waals surface area (Å²) in [7, 11) is 0. The van der Waals surface area contributed by atoms with Gasteiger partial charge in [-0.3, -0.25) is 4.79 Å². The van der Waals surface area contributed by atoms with E-state index in [-0.39, 0.29) is 23.0 Å². The number of hydrogen-bond donors (Lipinski definition) is 1. The Balaban J connectivity index is 2.40. The Morgan fingerprint density at radius 1 is 1.53 bits per heavy atom. The molecule has 1 fully saturated rings. The normalized spacial score (nSPS) is 17.6. The highest BCUT2D eigenvalue weighted by molar-refractivity contribution is 6.34. The first kappa shape index (κ1) is 12.5. The summed E-state index contributed by atoms with van der Waals surface area (Å²) in [5, 5.41) is 9.58. The maximum Gasteiger partial charge on any atom is 0.172 e. The molecule has 92 valence electrons. The molecule has 0 spiro atoms. The summed E-state index contributed by atoms with van der Waals surface area (Å²) >= 11 is 5.97. The molecule has 2 rings (SSSR count). The molecule has 1 aromatic rings. The summed E-state index contributed by atoms with van der Waals surface area (Å²) in [6.07, 6.45) is 2.21. The van der Waals surface area contributed by atoms with Gasteiger partial charge in [-0.05, 0) is 37.5 Å². The van der Waals surface area contributed by atoms with E-state index in [1.165, 1.54) is 12.1 Å². The number of aryl methyl sites for hydroxylation is 1. The van der Waals surface area contributed by atoms with E-state index in [9.17, 15) is 14.3 Å². The van der Waals surface area contributed by atoms with Crippen LogP contribution in [-0.2, 0) is 0 Å². The number of rotatable bonds is 3. The van der Waals surface area contributed by atoms with Crippen molar-refractivity contribution in [3.63, 3.8) is 0 Å². The fraction of sp³-hybridized carbons (Fsp3) is 0.462. The molecule has 0 radical (unpaired) electrons. The molecular weight excluding hydrogens is 243 g/mol. The van der Waals surface area contributed by atoms with Crippen LogP contribution in [0.1, 0.15) is 35.2 Å². The molecule has 1 saturated carbocycles. The Labute approximate surface area is 104 Å². The molecule has 0 atom stereocenters. The van der Waals surface area contributed by atoms with Crippen molar-refractivity contribution in [1.82, 2.24) is 0 Å². The number of halogens is 2. The second kappa shape index (κ2) is 4.39. The molecule has 1 aliphatic rings. The standard InChI is InChI=1S/C13H14ClFO2/c1-8-5-10(14)9(6-11(8)15)12(17)13(7-16)3-2-4-13/h5-6,16H,2-4,7H2,1H3. The van der Waals surface area contributed by atoms with Crippen LogP contribution in [0.3, 0.4) is 0 Å². The van der Waals surface area contributed by atoms with Crippen LogP contribution in [0.5, 0.6) is 0 Å². The highest BCUT2D eigenvalue weighted by atomic mass is 35.5. The maximum atomic E-state index is 13.5. The number of ketones is 1. The predicted octanol–water partition coefficient (Wildman–Crippen LogP) is 3.13. The molecule has 2 nitrogen and oxygen atoms in total. The van der Waals surface area contributed by atoms with Crippen LogP contribution in [0.25, 0.3) is 0 Å². The topological polar surface area (TPSA) is 37.3 Å². The fourth-order valence-corrected chi connectivity index (χ4v) is 2.47. The van der Waals surface area contributed by atoms with Gasteiger partial charge >= 0.3 is 0 Å². The Morgan fingerprint density at radius 3 is 2.65 bits per heavy atom. The van der Waals surface area contributed by atoms with E-state index in [4.69, 9.17) is 11.6 Å². The molecule has 0 aromatic heterocycles. The number of hydrogen-bond acceptors (Lipinski definition) is 2. The minimum absolute atomic E-state index is 0.184. The molecule has 0 amide bonds. The summed E-state index contributed by atoms with van der Waals surface area (Å²) in [5.41, 5.74) is -0.132. The summed E-state index contributed by atoms with van der Waals surface area (Å²) in [5.74, 6) is -0.680. The summed E-state index contributed by atoms with van der Waals surface area (Å²) in [4.78, 5) is 12.3. The number of aliphatic hydroxyl groups is 1. The van der Waals surface area contributed by atoms with E-state index in [1.807, 2.05) is 0 Å². The second-order valence-corrected chi connectivity index (χ2v) is 5.11. The predicted molar refractivity (Wildman–Crippen MR) is 63.8 cm³/mol. The van der Waals surface area contributed by atoms with E-state index in [0.29, 0.717) is 18.4 Å². The van der Waals surface area contributed by atoms with Gasteiger partial charge in [-0.25, -0.2) is 4.39 Å². The fourth-order valence-electron chi connectivity index (χ4n) is 2.17. The molecule has 0 aliphatic heterocycles. The van der Waals surface area contributed by atoms with E-state index < -0.39 is 11.2 Å². The Hall–Kier alpha value is -0.930. The highest BCUT2D eigenvalue weighted by Crippen LogP contribution is 2.44. The van der Waals surface area contributed by atoms with Gasteiger partial charge < -0.3 is 5.11 Å². The van der Waals surface area contributed by atoms with Crippen LogP contribution in [-0.4, -0.2) is 17.5 Å². The van der Waals surface area contributed by atoms with Gasteiger partial charge in [0.25, 0.3) is 0 Å². The van der Waals surface area contributed by atoms with E-state index in [0.717, 1.165) is 6.42 Å². The summed E-state index contributed by atoms with van der Waals surface area (Å²) < 4.78 is 13.5. The van der Waals surface area contributed by atoms with Gasteiger partial charge in [-0.1, -0.05) is 18.0 Å². The lowest BCUT2D eigenvalue weighted by Gasteiger charge is -2.38. The third kappa shape index (κ3) is 1.98. The van der Waals surface area contributed by atoms with Crippen LogP contribution in [0.4, 0.5) is 4.39 Å². The number of Topliss-reactive ketones (excluding diaryl/α,β-unsaturated/α-hetero) is 1. The lowest BCUT2D eigenvalue weighted by Crippen LogP contribution is -2.41. The molecule has 0 saturated heterocycles. The zero-order valence-corrected chi connectivity index (χ0v) is 10.4. The Kier molecular flexibility index (Phi) is 3.23. The van der Waals surface area contributed by atoms with Crippen molar-refractivity contribution in [2.24, 2.45) is 5.41 Å². The van der Waals surface area contributed by atoms with Gasteiger partial charge in [-0.15, -0.1) is 0 Å². The average Bonchev–Trinajstić information content (AvgIpc) is 2.22. The molecule has 4 heteroatoms. The average molecular weight is 257 g/mol. The van der Waals surface area contributed by atoms with Crippen LogP contribution in [0, 0.1) is 18.2 Å². The zero-order valence-electron chi connectivity index (χ0n) is 9.59. The van der Waals surface area contributed by atoms with Crippen LogP contribution < -0.4 is 0 Å². The van der Waals surface area contributed by atoms with Crippen molar-refractivity contribution in [2.75, 3.05) is 6.61 Å². The second-order valence-electron chi connectivity index (χ2n) is 4.70. The summed E-state index contributed by atoms with van der Waals surface area (Å²) in [6.45, 7) is 1.40. The molecule has 17 heavy (non-hydrogen) atoms. The maximum absolute atomic E-state index is 13.5. The molecule has 0 bridgehead atoms. The summed E-state index contributed by atoms with van der Waals surface area (Å²) in [6, 6.07) is 2.63. The third-order valence-electron chi connectivity index (χ3n) is 3.59. The van der Waals surface area contributed by atoms with Gasteiger partial charge in [0.15, 0.2) is 5.78 Å². The van der Waals surface area contributed by atoms with Crippen molar-refractivity contribution in [1.29, 1.82) is 0 Å². The van der Waals surface area contributed by atoms with Crippen molar-refractivity contribution in [3.05, 3.63) is 34.1 Å². The van der Waals surface area contributed by atoms with Crippen molar-refractivity contribution in [2.45, 2.75) is 26.2 Å². The van der Waals surface area contributed by atoms with Gasteiger partial charge in [0.05, 0.1) is 17.0 Å². The Bertz CT molecular complexity index is 461. The largest absolute Gasteiger partial charge is 0.395 e.